The molecular weight excluding hydrogens is 294 g/mol. The van der Waals surface area contributed by atoms with Crippen molar-refractivity contribution in [3.63, 3.8) is 0 Å². The number of nitrogens with one attached hydrogen (secondary N) is 1. The molecule has 23 heavy (non-hydrogen) atoms. The molecule has 3 rings (SSSR count). The molecule has 1 atom stereocenters. The molecule has 1 N–H and O–H groups in total. The van der Waals surface area contributed by atoms with E-state index in [1.165, 1.54) is 0 Å². The lowest BCUT2D eigenvalue weighted by Crippen LogP contribution is -2.68. The highest BCUT2D eigenvalue weighted by Crippen LogP contribution is 2.39. The molecule has 0 saturated carbocycles. The van der Waals surface area contributed by atoms with Crippen LogP contribution >= 0.6 is 0 Å². The number of likely N-dealkylation sites (tertiary alicyclic amines) is 2. The zero-order valence-corrected chi connectivity index (χ0v) is 14.6. The number of hydrogen-bond donors (Lipinski definition) is 1. The van der Waals surface area contributed by atoms with Crippen LogP contribution in [0.15, 0.2) is 0 Å². The van der Waals surface area contributed by atoms with Crippen molar-refractivity contribution in [1.82, 2.24) is 15.1 Å². The molecule has 3 aliphatic rings. The number of nitrogens with zero attached hydrogens (tertiary/aromatic N) is 2. The summed E-state index contributed by atoms with van der Waals surface area (Å²) in [5.41, 5.74) is 0.115. The van der Waals surface area contributed by atoms with Gasteiger partial charge in [-0.3, -0.25) is 0 Å². The molecule has 0 aromatic carbocycles. The summed E-state index contributed by atoms with van der Waals surface area (Å²) in [6, 6.07) is 0.203. The Morgan fingerprint density at radius 1 is 1.26 bits per heavy atom. The summed E-state index contributed by atoms with van der Waals surface area (Å²) < 4.78 is 10.8. The first-order valence-corrected chi connectivity index (χ1v) is 8.98. The van der Waals surface area contributed by atoms with Crippen molar-refractivity contribution in [3.05, 3.63) is 0 Å². The molecule has 6 heteroatoms. The first-order chi connectivity index (χ1) is 11.1. The largest absolute Gasteiger partial charge is 0.383 e. The van der Waals surface area contributed by atoms with E-state index >= 15 is 0 Å². The summed E-state index contributed by atoms with van der Waals surface area (Å²) in [6.45, 7) is 5.24. The van der Waals surface area contributed by atoms with Gasteiger partial charge >= 0.3 is 6.03 Å². The average molecular weight is 325 g/mol. The molecule has 0 aromatic rings. The predicted octanol–water partition coefficient (Wildman–Crippen LogP) is 1.31. The fourth-order valence-corrected chi connectivity index (χ4v) is 4.24. The van der Waals surface area contributed by atoms with E-state index < -0.39 is 0 Å². The van der Waals surface area contributed by atoms with E-state index in [0.717, 1.165) is 65.0 Å². The number of methoxy groups -OCH3 is 1. The van der Waals surface area contributed by atoms with Crippen LogP contribution in [0.4, 0.5) is 4.79 Å². The Bertz CT molecular complexity index is 404. The maximum absolute atomic E-state index is 12.8. The number of rotatable bonds is 4. The second kappa shape index (κ2) is 7.36. The van der Waals surface area contributed by atoms with Crippen LogP contribution in [0.1, 0.15) is 32.1 Å². The molecule has 1 unspecified atom stereocenters. The number of carbonyl (C=O) groups is 1. The fourth-order valence-electron chi connectivity index (χ4n) is 4.24. The van der Waals surface area contributed by atoms with Gasteiger partial charge in [-0.05, 0) is 45.1 Å². The lowest BCUT2D eigenvalue weighted by Gasteiger charge is -2.56. The van der Waals surface area contributed by atoms with Crippen LogP contribution in [-0.2, 0) is 9.47 Å². The van der Waals surface area contributed by atoms with E-state index in [-0.39, 0.29) is 17.6 Å². The highest BCUT2D eigenvalue weighted by atomic mass is 16.5. The molecule has 0 bridgehead atoms. The second-order valence-corrected chi connectivity index (χ2v) is 7.39. The summed E-state index contributed by atoms with van der Waals surface area (Å²) in [5, 5.41) is 3.27. The average Bonchev–Trinajstić information content (AvgIpc) is 2.55. The van der Waals surface area contributed by atoms with Gasteiger partial charge in [-0.1, -0.05) is 0 Å². The molecule has 6 nitrogen and oxygen atoms in total. The van der Waals surface area contributed by atoms with Crippen LogP contribution in [0, 0.1) is 5.92 Å². The van der Waals surface area contributed by atoms with E-state index in [1.807, 2.05) is 0 Å². The van der Waals surface area contributed by atoms with E-state index in [1.54, 1.807) is 7.11 Å². The molecule has 0 radical (unpaired) electrons. The van der Waals surface area contributed by atoms with Crippen molar-refractivity contribution in [2.45, 2.75) is 43.7 Å². The first kappa shape index (κ1) is 17.0. The summed E-state index contributed by atoms with van der Waals surface area (Å²) in [5.74, 6) is 0.461. The number of carbonyl (C=O) groups excluding carboxylic acids is 1. The fraction of sp³-hybridized carbons (Fsp3) is 0.941. The minimum absolute atomic E-state index is 0.0975. The van der Waals surface area contributed by atoms with Crippen LogP contribution in [0.5, 0.6) is 0 Å². The molecule has 2 amide bonds. The number of urea groups is 1. The van der Waals surface area contributed by atoms with Crippen molar-refractivity contribution >= 4 is 6.03 Å². The van der Waals surface area contributed by atoms with Gasteiger partial charge < -0.3 is 24.6 Å². The van der Waals surface area contributed by atoms with Crippen LogP contribution in [-0.4, -0.2) is 81.0 Å². The minimum Gasteiger partial charge on any atom is -0.383 e. The maximum atomic E-state index is 12.8. The van der Waals surface area contributed by atoms with Gasteiger partial charge in [-0.15, -0.1) is 0 Å². The van der Waals surface area contributed by atoms with Gasteiger partial charge in [0.05, 0.1) is 12.6 Å². The number of amides is 2. The Morgan fingerprint density at radius 2 is 1.91 bits per heavy atom. The minimum atomic E-state index is 0.0975. The zero-order chi connectivity index (χ0) is 16.3. The maximum Gasteiger partial charge on any atom is 0.318 e. The Kier molecular flexibility index (Phi) is 5.44. The summed E-state index contributed by atoms with van der Waals surface area (Å²) in [7, 11) is 3.87. The van der Waals surface area contributed by atoms with Gasteiger partial charge in [0.25, 0.3) is 0 Å². The second-order valence-electron chi connectivity index (χ2n) is 7.39. The third-order valence-corrected chi connectivity index (χ3v) is 6.03. The van der Waals surface area contributed by atoms with Crippen LogP contribution in [0.2, 0.25) is 0 Å². The summed E-state index contributed by atoms with van der Waals surface area (Å²) >= 11 is 0. The SMILES string of the molecule is COCC(NC(=O)N1CCC12CCN(C)CC2)C1CCOCC1. The molecule has 132 valence electrons. The quantitative estimate of drug-likeness (QED) is 0.847. The van der Waals surface area contributed by atoms with Crippen LogP contribution in [0.25, 0.3) is 0 Å². The molecule has 0 aromatic heterocycles. The van der Waals surface area contributed by atoms with Crippen molar-refractivity contribution in [2.24, 2.45) is 5.92 Å². The van der Waals surface area contributed by atoms with Crippen molar-refractivity contribution in [1.29, 1.82) is 0 Å². The van der Waals surface area contributed by atoms with Gasteiger partial charge in [-0.25, -0.2) is 4.79 Å². The Labute approximate surface area is 139 Å². The normalized spacial score (nSPS) is 26.8. The van der Waals surface area contributed by atoms with Gasteiger partial charge in [0, 0.05) is 45.5 Å². The van der Waals surface area contributed by atoms with Crippen molar-refractivity contribution < 1.29 is 14.3 Å². The van der Waals surface area contributed by atoms with Crippen LogP contribution in [0.3, 0.4) is 0 Å². The third-order valence-electron chi connectivity index (χ3n) is 6.03. The Hall–Kier alpha value is -0.850. The standard InChI is InChI=1S/C17H31N3O3/c1-19-8-5-17(6-9-19)7-10-20(17)16(21)18-15(13-22-2)14-3-11-23-12-4-14/h14-15H,3-13H2,1-2H3,(H,18,21). The topological polar surface area (TPSA) is 54.0 Å². The van der Waals surface area contributed by atoms with Crippen LogP contribution < -0.4 is 5.32 Å². The zero-order valence-electron chi connectivity index (χ0n) is 14.6. The predicted molar refractivity (Wildman–Crippen MR) is 88.5 cm³/mol. The number of ether oxygens (including phenoxy) is 2. The first-order valence-electron chi connectivity index (χ1n) is 8.98. The van der Waals surface area contributed by atoms with Crippen molar-refractivity contribution in [3.8, 4) is 0 Å². The smallest absolute Gasteiger partial charge is 0.318 e. The molecule has 0 aliphatic carbocycles. The monoisotopic (exact) mass is 325 g/mol. The molecule has 3 fully saturated rings. The van der Waals surface area contributed by atoms with Gasteiger partial charge in [-0.2, -0.15) is 0 Å². The molecule has 3 heterocycles. The highest BCUT2D eigenvalue weighted by molar-refractivity contribution is 5.76. The van der Waals surface area contributed by atoms with E-state index in [0.29, 0.717) is 12.5 Å². The van der Waals surface area contributed by atoms with Gasteiger partial charge in [0.1, 0.15) is 0 Å². The number of piperidine rings is 1. The Morgan fingerprint density at radius 3 is 2.48 bits per heavy atom. The Balaban J connectivity index is 1.58. The molecule has 3 saturated heterocycles. The van der Waals surface area contributed by atoms with E-state index in [4.69, 9.17) is 9.47 Å². The third kappa shape index (κ3) is 3.64. The number of hydrogen-bond acceptors (Lipinski definition) is 4. The molecule has 3 aliphatic heterocycles. The summed E-state index contributed by atoms with van der Waals surface area (Å²) in [4.78, 5) is 17.3. The lowest BCUT2D eigenvalue weighted by molar-refractivity contribution is -0.0251. The van der Waals surface area contributed by atoms with Crippen molar-refractivity contribution in [2.75, 3.05) is 53.6 Å². The lowest BCUT2D eigenvalue weighted by atomic mass is 9.76. The van der Waals surface area contributed by atoms with E-state index in [9.17, 15) is 4.79 Å². The summed E-state index contributed by atoms with van der Waals surface area (Å²) in [6.07, 6.45) is 5.36. The van der Waals surface area contributed by atoms with E-state index in [2.05, 4.69) is 22.2 Å². The highest BCUT2D eigenvalue weighted by Gasteiger charge is 2.48. The van der Waals surface area contributed by atoms with Gasteiger partial charge in [0.15, 0.2) is 0 Å². The molecular formula is C17H31N3O3. The van der Waals surface area contributed by atoms with Gasteiger partial charge in [0.2, 0.25) is 0 Å². The molecule has 1 spiro atoms.